The fourth-order valence-electron chi connectivity index (χ4n) is 1.58. The Hall–Kier alpha value is -2.44. The minimum absolute atomic E-state index is 0.0816. The van der Waals surface area contributed by atoms with Gasteiger partial charge in [-0.2, -0.15) is 0 Å². The highest BCUT2D eigenvalue weighted by Gasteiger charge is 2.20. The Labute approximate surface area is 109 Å². The van der Waals surface area contributed by atoms with Crippen molar-refractivity contribution in [2.75, 3.05) is 0 Å². The summed E-state index contributed by atoms with van der Waals surface area (Å²) in [5, 5.41) is 21.8. The second kappa shape index (κ2) is 5.94. The molecule has 19 heavy (non-hydrogen) atoms. The van der Waals surface area contributed by atoms with Gasteiger partial charge in [-0.05, 0) is 25.5 Å². The van der Waals surface area contributed by atoms with Crippen molar-refractivity contribution < 1.29 is 19.6 Å². The fraction of sp³-hybridized carbons (Fsp3) is 0.333. The van der Waals surface area contributed by atoms with E-state index in [0.717, 1.165) is 0 Å². The molecular formula is C12H14N2O5. The van der Waals surface area contributed by atoms with Crippen molar-refractivity contribution in [3.63, 3.8) is 0 Å². The van der Waals surface area contributed by atoms with Gasteiger partial charge in [0.05, 0.1) is 4.92 Å². The largest absolute Gasteiger partial charge is 0.480 e. The lowest BCUT2D eigenvalue weighted by Gasteiger charge is -2.12. The average molecular weight is 266 g/mol. The molecule has 1 unspecified atom stereocenters. The predicted octanol–water partition coefficient (Wildman–Crippen LogP) is 1.50. The molecule has 0 aliphatic rings. The molecule has 0 spiro atoms. The predicted molar refractivity (Wildman–Crippen MR) is 67.0 cm³/mol. The van der Waals surface area contributed by atoms with Gasteiger partial charge in [-0.3, -0.25) is 14.9 Å². The second-order valence-electron chi connectivity index (χ2n) is 4.03. The van der Waals surface area contributed by atoms with Crippen LogP contribution in [-0.2, 0) is 4.79 Å². The number of carbonyl (C=O) groups excluding carboxylic acids is 1. The quantitative estimate of drug-likeness (QED) is 0.619. The number of nitro benzene ring substituents is 1. The van der Waals surface area contributed by atoms with Gasteiger partial charge >= 0.3 is 5.97 Å². The summed E-state index contributed by atoms with van der Waals surface area (Å²) in [5.41, 5.74) is 0.464. The minimum Gasteiger partial charge on any atom is -0.480 e. The lowest BCUT2D eigenvalue weighted by Crippen LogP contribution is -2.40. The van der Waals surface area contributed by atoms with E-state index in [4.69, 9.17) is 5.11 Å². The first-order chi connectivity index (χ1) is 8.86. The molecule has 1 amide bonds. The Morgan fingerprint density at radius 3 is 2.53 bits per heavy atom. The molecule has 7 nitrogen and oxygen atoms in total. The van der Waals surface area contributed by atoms with Gasteiger partial charge in [0.25, 0.3) is 11.6 Å². The van der Waals surface area contributed by atoms with E-state index in [1.165, 1.54) is 25.1 Å². The highest BCUT2D eigenvalue weighted by Crippen LogP contribution is 2.18. The molecule has 0 saturated heterocycles. The lowest BCUT2D eigenvalue weighted by molar-refractivity contribution is -0.385. The van der Waals surface area contributed by atoms with E-state index < -0.39 is 22.8 Å². The normalized spacial score (nSPS) is 11.7. The zero-order valence-electron chi connectivity index (χ0n) is 10.5. The van der Waals surface area contributed by atoms with Crippen molar-refractivity contribution in [2.24, 2.45) is 0 Å². The van der Waals surface area contributed by atoms with Gasteiger partial charge in [-0.15, -0.1) is 0 Å². The smallest absolute Gasteiger partial charge is 0.326 e. The van der Waals surface area contributed by atoms with Crippen LogP contribution in [0.2, 0.25) is 0 Å². The Kier molecular flexibility index (Phi) is 4.57. The molecule has 1 aromatic carbocycles. The third-order valence-corrected chi connectivity index (χ3v) is 2.67. The molecule has 1 aromatic rings. The summed E-state index contributed by atoms with van der Waals surface area (Å²) in [6.07, 6.45) is 0.257. The Morgan fingerprint density at radius 2 is 2.11 bits per heavy atom. The van der Waals surface area contributed by atoms with E-state index in [1.807, 2.05) is 0 Å². The molecule has 0 heterocycles. The van der Waals surface area contributed by atoms with Crippen molar-refractivity contribution in [3.8, 4) is 0 Å². The number of aryl methyl sites for hydroxylation is 1. The van der Waals surface area contributed by atoms with Crippen LogP contribution in [0.15, 0.2) is 18.2 Å². The second-order valence-corrected chi connectivity index (χ2v) is 4.03. The van der Waals surface area contributed by atoms with Gasteiger partial charge in [-0.25, -0.2) is 4.79 Å². The zero-order chi connectivity index (χ0) is 14.6. The SMILES string of the molecule is CCC(NC(=O)c1ccc([N+](=O)[O-])c(C)c1)C(=O)O. The Morgan fingerprint density at radius 1 is 1.47 bits per heavy atom. The third kappa shape index (κ3) is 3.51. The van der Waals surface area contributed by atoms with Crippen LogP contribution in [0.3, 0.4) is 0 Å². The third-order valence-electron chi connectivity index (χ3n) is 2.67. The molecule has 102 valence electrons. The maximum Gasteiger partial charge on any atom is 0.326 e. The number of aliphatic carboxylic acids is 1. The standard InChI is InChI=1S/C12H14N2O5/c1-3-9(12(16)17)13-11(15)8-4-5-10(14(18)19)7(2)6-8/h4-6,9H,3H2,1-2H3,(H,13,15)(H,16,17). The molecule has 1 rings (SSSR count). The van der Waals surface area contributed by atoms with E-state index in [-0.39, 0.29) is 17.7 Å². The molecule has 0 fully saturated rings. The summed E-state index contributed by atoms with van der Waals surface area (Å²) in [7, 11) is 0. The lowest BCUT2D eigenvalue weighted by atomic mass is 10.1. The van der Waals surface area contributed by atoms with E-state index in [2.05, 4.69) is 5.32 Å². The number of nitrogens with one attached hydrogen (secondary N) is 1. The van der Waals surface area contributed by atoms with Crippen LogP contribution >= 0.6 is 0 Å². The number of benzene rings is 1. The molecule has 7 heteroatoms. The molecule has 2 N–H and O–H groups in total. The van der Waals surface area contributed by atoms with Gasteiger partial charge in [0.2, 0.25) is 0 Å². The van der Waals surface area contributed by atoms with Crippen molar-refractivity contribution in [1.29, 1.82) is 0 Å². The number of carboxylic acid groups (broad SMARTS) is 1. The van der Waals surface area contributed by atoms with Crippen LogP contribution in [0.5, 0.6) is 0 Å². The summed E-state index contributed by atoms with van der Waals surface area (Å²) in [5.74, 6) is -1.68. The highest BCUT2D eigenvalue weighted by atomic mass is 16.6. The van der Waals surface area contributed by atoms with Crippen LogP contribution in [0, 0.1) is 17.0 Å². The Bertz CT molecular complexity index is 527. The number of amides is 1. The number of nitro groups is 1. The van der Waals surface area contributed by atoms with Crippen LogP contribution in [0.4, 0.5) is 5.69 Å². The first kappa shape index (κ1) is 14.6. The van der Waals surface area contributed by atoms with Crippen molar-refractivity contribution in [1.82, 2.24) is 5.32 Å². The summed E-state index contributed by atoms with van der Waals surface area (Å²) in [4.78, 5) is 32.7. The summed E-state index contributed by atoms with van der Waals surface area (Å²) in [6.45, 7) is 3.16. The number of hydrogen-bond donors (Lipinski definition) is 2. The topological polar surface area (TPSA) is 110 Å². The van der Waals surface area contributed by atoms with Gasteiger partial charge in [0.1, 0.15) is 6.04 Å². The van der Waals surface area contributed by atoms with Crippen LogP contribution in [0.25, 0.3) is 0 Å². The maximum atomic E-state index is 11.8. The number of carboxylic acids is 1. The van der Waals surface area contributed by atoms with Gasteiger partial charge in [0, 0.05) is 17.2 Å². The van der Waals surface area contributed by atoms with Crippen LogP contribution in [0.1, 0.15) is 29.3 Å². The minimum atomic E-state index is -1.12. The van der Waals surface area contributed by atoms with E-state index in [1.54, 1.807) is 6.92 Å². The van der Waals surface area contributed by atoms with E-state index in [9.17, 15) is 19.7 Å². The maximum absolute atomic E-state index is 11.8. The summed E-state index contributed by atoms with van der Waals surface area (Å²) in [6, 6.07) is 2.92. The zero-order valence-corrected chi connectivity index (χ0v) is 10.5. The number of rotatable bonds is 5. The van der Waals surface area contributed by atoms with Crippen molar-refractivity contribution >= 4 is 17.6 Å². The van der Waals surface area contributed by atoms with Gasteiger partial charge in [-0.1, -0.05) is 6.92 Å². The van der Waals surface area contributed by atoms with Gasteiger partial charge < -0.3 is 10.4 Å². The number of carbonyl (C=O) groups is 2. The summed E-state index contributed by atoms with van der Waals surface area (Å²) >= 11 is 0. The van der Waals surface area contributed by atoms with Crippen molar-refractivity contribution in [2.45, 2.75) is 26.3 Å². The molecule has 0 aromatic heterocycles. The Balaban J connectivity index is 2.92. The molecule has 0 bridgehead atoms. The molecule has 0 aliphatic heterocycles. The molecular weight excluding hydrogens is 252 g/mol. The van der Waals surface area contributed by atoms with E-state index >= 15 is 0 Å². The monoisotopic (exact) mass is 266 g/mol. The molecule has 1 atom stereocenters. The first-order valence-corrected chi connectivity index (χ1v) is 5.65. The van der Waals surface area contributed by atoms with Crippen LogP contribution < -0.4 is 5.32 Å². The first-order valence-electron chi connectivity index (χ1n) is 5.65. The molecule has 0 aliphatic carbocycles. The number of nitrogens with zero attached hydrogens (tertiary/aromatic N) is 1. The van der Waals surface area contributed by atoms with E-state index in [0.29, 0.717) is 5.56 Å². The summed E-state index contributed by atoms with van der Waals surface area (Å²) < 4.78 is 0. The van der Waals surface area contributed by atoms with Gasteiger partial charge in [0.15, 0.2) is 0 Å². The number of hydrogen-bond acceptors (Lipinski definition) is 4. The average Bonchev–Trinajstić information content (AvgIpc) is 2.34. The van der Waals surface area contributed by atoms with Crippen LogP contribution in [-0.4, -0.2) is 27.9 Å². The molecule has 0 saturated carbocycles. The fourth-order valence-corrected chi connectivity index (χ4v) is 1.58. The van der Waals surface area contributed by atoms with Crippen molar-refractivity contribution in [3.05, 3.63) is 39.4 Å². The molecule has 0 radical (unpaired) electrons. The highest BCUT2D eigenvalue weighted by molar-refractivity contribution is 5.97.